The van der Waals surface area contributed by atoms with Crippen LogP contribution in [0.25, 0.3) is 22.6 Å². The Kier molecular flexibility index (Phi) is 5.77. The van der Waals surface area contributed by atoms with E-state index in [1.807, 2.05) is 104 Å². The molecule has 0 spiro atoms. The van der Waals surface area contributed by atoms with Crippen LogP contribution in [-0.4, -0.2) is 21.0 Å². The molecule has 0 unspecified atom stereocenters. The van der Waals surface area contributed by atoms with E-state index in [4.69, 9.17) is 9.73 Å². The monoisotopic (exact) mass is 468 g/mol. The van der Waals surface area contributed by atoms with Gasteiger partial charge in [-0.2, -0.15) is 0 Å². The summed E-state index contributed by atoms with van der Waals surface area (Å²) in [6, 6.07) is 27.6. The Morgan fingerprint density at radius 3 is 2.09 bits per heavy atom. The molecule has 5 aromatic rings. The highest BCUT2D eigenvalue weighted by Gasteiger charge is 2.17. The van der Waals surface area contributed by atoms with Gasteiger partial charge in [0.15, 0.2) is 10.5 Å². The molecular weight excluding hydrogens is 444 g/mol. The van der Waals surface area contributed by atoms with E-state index in [-0.39, 0.29) is 5.56 Å². The summed E-state index contributed by atoms with van der Waals surface area (Å²) < 4.78 is 10.9. The standard InChI is InChI=1S/C27H24N4O2S/c1-19-25(26(32)31(29(19)2)22-12-8-5-9-13-22)28-27-30(21-10-6-4-7-11-21)24(18-34-27)20-14-16-23(33-3)17-15-20/h4-18H,1-3H3. The van der Waals surface area contributed by atoms with Crippen LogP contribution in [0.1, 0.15) is 5.69 Å². The van der Waals surface area contributed by atoms with Gasteiger partial charge in [0.1, 0.15) is 5.75 Å². The van der Waals surface area contributed by atoms with Gasteiger partial charge < -0.3 is 4.74 Å². The zero-order valence-electron chi connectivity index (χ0n) is 19.2. The lowest BCUT2D eigenvalue weighted by Crippen LogP contribution is -2.20. The number of methoxy groups -OCH3 is 1. The smallest absolute Gasteiger partial charge is 0.297 e. The third kappa shape index (κ3) is 3.80. The van der Waals surface area contributed by atoms with E-state index >= 15 is 0 Å². The fourth-order valence-electron chi connectivity index (χ4n) is 3.96. The second-order valence-corrected chi connectivity index (χ2v) is 8.66. The zero-order chi connectivity index (χ0) is 23.7. The number of rotatable bonds is 5. The van der Waals surface area contributed by atoms with Gasteiger partial charge in [-0.05, 0) is 61.0 Å². The summed E-state index contributed by atoms with van der Waals surface area (Å²) in [5.74, 6) is 0.802. The van der Waals surface area contributed by atoms with Gasteiger partial charge >= 0.3 is 0 Å². The average Bonchev–Trinajstić information content (AvgIpc) is 3.39. The van der Waals surface area contributed by atoms with E-state index in [1.165, 1.54) is 11.3 Å². The van der Waals surface area contributed by atoms with Crippen LogP contribution in [0, 0.1) is 6.92 Å². The maximum atomic E-state index is 13.4. The Hall–Kier alpha value is -4.10. The Morgan fingerprint density at radius 2 is 1.47 bits per heavy atom. The second-order valence-electron chi connectivity index (χ2n) is 7.82. The first-order chi connectivity index (χ1) is 16.6. The first-order valence-electron chi connectivity index (χ1n) is 10.9. The van der Waals surface area contributed by atoms with E-state index in [1.54, 1.807) is 11.8 Å². The predicted octanol–water partition coefficient (Wildman–Crippen LogP) is 5.24. The van der Waals surface area contributed by atoms with Crippen molar-refractivity contribution in [1.29, 1.82) is 0 Å². The van der Waals surface area contributed by atoms with Gasteiger partial charge in [0.25, 0.3) is 5.56 Å². The number of thiazole rings is 1. The van der Waals surface area contributed by atoms with Crippen molar-refractivity contribution < 1.29 is 4.74 Å². The van der Waals surface area contributed by atoms with Gasteiger partial charge in [-0.3, -0.25) is 14.0 Å². The Balaban J connectivity index is 1.73. The number of hydrogen-bond acceptors (Lipinski definition) is 4. The van der Waals surface area contributed by atoms with Crippen molar-refractivity contribution in [3.63, 3.8) is 0 Å². The maximum absolute atomic E-state index is 13.4. The minimum absolute atomic E-state index is 0.148. The largest absolute Gasteiger partial charge is 0.497 e. The molecule has 6 nitrogen and oxygen atoms in total. The van der Waals surface area contributed by atoms with Crippen molar-refractivity contribution >= 4 is 17.0 Å². The van der Waals surface area contributed by atoms with Gasteiger partial charge in [-0.25, -0.2) is 9.67 Å². The number of aromatic nitrogens is 3. The molecule has 0 radical (unpaired) electrons. The highest BCUT2D eigenvalue weighted by molar-refractivity contribution is 7.07. The summed E-state index contributed by atoms with van der Waals surface area (Å²) in [5, 5.41) is 2.07. The molecule has 0 atom stereocenters. The lowest BCUT2D eigenvalue weighted by atomic mass is 10.1. The molecule has 0 N–H and O–H groups in total. The molecule has 0 saturated carbocycles. The van der Waals surface area contributed by atoms with Crippen molar-refractivity contribution in [3.8, 4) is 28.4 Å². The molecule has 0 bridgehead atoms. The van der Waals surface area contributed by atoms with Crippen LogP contribution >= 0.6 is 11.3 Å². The summed E-state index contributed by atoms with van der Waals surface area (Å²) in [6.45, 7) is 1.92. The van der Waals surface area contributed by atoms with Crippen LogP contribution in [0.5, 0.6) is 5.75 Å². The van der Waals surface area contributed by atoms with Crippen molar-refractivity contribution in [2.75, 3.05) is 7.11 Å². The molecule has 0 aliphatic carbocycles. The molecule has 170 valence electrons. The summed E-state index contributed by atoms with van der Waals surface area (Å²) in [5.41, 5.74) is 4.89. The number of para-hydroxylation sites is 2. The first kappa shape index (κ1) is 21.7. The van der Waals surface area contributed by atoms with Crippen molar-refractivity contribution in [2.45, 2.75) is 6.92 Å². The highest BCUT2D eigenvalue weighted by atomic mass is 32.1. The van der Waals surface area contributed by atoms with Gasteiger partial charge in [0.2, 0.25) is 0 Å². The van der Waals surface area contributed by atoms with Crippen LogP contribution in [0.4, 0.5) is 5.69 Å². The number of ether oxygens (including phenoxy) is 1. The average molecular weight is 469 g/mol. The molecule has 0 amide bonds. The first-order valence-corrected chi connectivity index (χ1v) is 11.8. The zero-order valence-corrected chi connectivity index (χ0v) is 20.0. The molecule has 7 heteroatoms. The highest BCUT2D eigenvalue weighted by Crippen LogP contribution is 2.26. The fraction of sp³-hybridized carbons (Fsp3) is 0.111. The normalized spacial score (nSPS) is 11.7. The summed E-state index contributed by atoms with van der Waals surface area (Å²) in [4.78, 5) is 19.1. The van der Waals surface area contributed by atoms with Crippen molar-refractivity contribution in [1.82, 2.24) is 13.9 Å². The van der Waals surface area contributed by atoms with Gasteiger partial charge in [-0.15, -0.1) is 11.3 Å². The SMILES string of the molecule is COc1ccc(-c2csc(=Nc3c(C)n(C)n(-c4ccccc4)c3=O)n2-c2ccccc2)cc1. The van der Waals surface area contributed by atoms with Crippen molar-refractivity contribution in [2.24, 2.45) is 12.0 Å². The van der Waals surface area contributed by atoms with Crippen LogP contribution in [0.2, 0.25) is 0 Å². The molecule has 0 aliphatic rings. The Labute approximate surface area is 201 Å². The minimum atomic E-state index is -0.148. The minimum Gasteiger partial charge on any atom is -0.497 e. The second kappa shape index (κ2) is 9.03. The van der Waals surface area contributed by atoms with E-state index in [0.29, 0.717) is 5.69 Å². The van der Waals surface area contributed by atoms with Crippen LogP contribution in [0.15, 0.2) is 100 Å². The summed E-state index contributed by atoms with van der Waals surface area (Å²) >= 11 is 1.51. The molecule has 34 heavy (non-hydrogen) atoms. The fourth-order valence-corrected chi connectivity index (χ4v) is 4.87. The lowest BCUT2D eigenvalue weighted by molar-refractivity contribution is 0.415. The molecule has 5 rings (SSSR count). The maximum Gasteiger partial charge on any atom is 0.297 e. The van der Waals surface area contributed by atoms with Gasteiger partial charge in [0, 0.05) is 18.1 Å². The van der Waals surface area contributed by atoms with Crippen LogP contribution in [-0.2, 0) is 7.05 Å². The summed E-state index contributed by atoms with van der Waals surface area (Å²) in [6.07, 6.45) is 0. The molecule has 2 aromatic heterocycles. The number of nitrogens with zero attached hydrogens (tertiary/aromatic N) is 4. The number of benzene rings is 3. The molecule has 0 aliphatic heterocycles. The third-order valence-electron chi connectivity index (χ3n) is 5.84. The molecular formula is C27H24N4O2S. The van der Waals surface area contributed by atoms with Crippen molar-refractivity contribution in [3.05, 3.63) is 111 Å². The molecule has 0 fully saturated rings. The Bertz CT molecular complexity index is 1560. The topological polar surface area (TPSA) is 53.4 Å². The van der Waals surface area contributed by atoms with Crippen LogP contribution < -0.4 is 15.1 Å². The number of hydrogen-bond donors (Lipinski definition) is 0. The quantitative estimate of drug-likeness (QED) is 0.354. The lowest BCUT2D eigenvalue weighted by Gasteiger charge is -2.10. The molecule has 2 heterocycles. The van der Waals surface area contributed by atoms with Gasteiger partial charge in [0.05, 0.1) is 24.2 Å². The summed E-state index contributed by atoms with van der Waals surface area (Å²) in [7, 11) is 3.54. The predicted molar refractivity (Wildman–Crippen MR) is 137 cm³/mol. The third-order valence-corrected chi connectivity index (χ3v) is 6.67. The van der Waals surface area contributed by atoms with E-state index < -0.39 is 0 Å². The van der Waals surface area contributed by atoms with Gasteiger partial charge in [-0.1, -0.05) is 36.4 Å². The van der Waals surface area contributed by atoms with E-state index in [9.17, 15) is 4.79 Å². The molecule has 0 saturated heterocycles. The van der Waals surface area contributed by atoms with E-state index in [0.717, 1.165) is 38.9 Å². The Morgan fingerprint density at radius 1 is 0.853 bits per heavy atom. The van der Waals surface area contributed by atoms with E-state index in [2.05, 4.69) is 9.95 Å². The van der Waals surface area contributed by atoms with Crippen LogP contribution in [0.3, 0.4) is 0 Å². The molecule has 3 aromatic carbocycles.